The zero-order valence-electron chi connectivity index (χ0n) is 20.4. The first kappa shape index (κ1) is 27.5. The molecule has 5 amide bonds. The first-order chi connectivity index (χ1) is 18.2. The minimum absolute atomic E-state index is 0.0328. The minimum atomic E-state index is -1.03. The van der Waals surface area contributed by atoms with E-state index in [4.69, 9.17) is 5.73 Å². The van der Waals surface area contributed by atoms with Crippen LogP contribution in [0.2, 0.25) is 0 Å². The molecule has 196 valence electrons. The number of Topliss-reactive ketones (excluding diaryl/α,β-unsaturated/α-hetero) is 1. The van der Waals surface area contributed by atoms with E-state index in [1.54, 1.807) is 42.5 Å². The highest BCUT2D eigenvalue weighted by Crippen LogP contribution is 2.15. The second-order valence-electron chi connectivity index (χ2n) is 8.23. The van der Waals surface area contributed by atoms with Gasteiger partial charge in [0.25, 0.3) is 11.8 Å². The lowest BCUT2D eigenvalue weighted by molar-refractivity contribution is -0.138. The van der Waals surface area contributed by atoms with Crippen molar-refractivity contribution in [3.05, 3.63) is 77.5 Å². The van der Waals surface area contributed by atoms with Crippen LogP contribution in [0.15, 0.2) is 60.8 Å². The van der Waals surface area contributed by atoms with Gasteiger partial charge in [-0.3, -0.25) is 33.8 Å². The number of pyridine rings is 1. The number of fused-ring (bicyclic) bond motifs is 1. The molecule has 38 heavy (non-hydrogen) atoms. The third-order valence-corrected chi connectivity index (χ3v) is 5.44. The molecule has 0 aliphatic heterocycles. The van der Waals surface area contributed by atoms with Crippen molar-refractivity contribution in [1.82, 2.24) is 26.3 Å². The van der Waals surface area contributed by atoms with E-state index in [0.717, 1.165) is 0 Å². The Hall–Kier alpha value is -5.13. The van der Waals surface area contributed by atoms with Gasteiger partial charge in [0, 0.05) is 23.7 Å². The number of primary amides is 1. The normalized spacial score (nSPS) is 11.2. The van der Waals surface area contributed by atoms with Gasteiger partial charge < -0.3 is 27.0 Å². The minimum Gasteiger partial charge on any atom is -0.366 e. The predicted molar refractivity (Wildman–Crippen MR) is 137 cm³/mol. The average molecular weight is 519 g/mol. The van der Waals surface area contributed by atoms with E-state index in [2.05, 4.69) is 26.3 Å². The number of nitrogens with one attached hydrogen (secondary N) is 4. The summed E-state index contributed by atoms with van der Waals surface area (Å²) in [6.07, 6.45) is 1.49. The molecule has 3 aromatic rings. The van der Waals surface area contributed by atoms with Crippen molar-refractivity contribution >= 4 is 46.2 Å². The SMILES string of the molecule is C[C@H](NC(=O)CNC(=O)c1ccnc2ccccc12)C(=O)NCC(=O)C(=O)NCc1ccc(C(N)=O)cc1. The summed E-state index contributed by atoms with van der Waals surface area (Å²) in [7, 11) is 0. The van der Waals surface area contributed by atoms with Crippen LogP contribution in [0.4, 0.5) is 0 Å². The molecule has 6 N–H and O–H groups in total. The zero-order valence-corrected chi connectivity index (χ0v) is 20.4. The fraction of sp³-hybridized carbons (Fsp3) is 0.192. The van der Waals surface area contributed by atoms with Gasteiger partial charge in [-0.15, -0.1) is 0 Å². The Morgan fingerprint density at radius 2 is 1.58 bits per heavy atom. The van der Waals surface area contributed by atoms with Gasteiger partial charge in [-0.05, 0) is 36.8 Å². The molecule has 2 aromatic carbocycles. The molecule has 0 bridgehead atoms. The molecule has 12 heteroatoms. The number of carbonyl (C=O) groups is 6. The zero-order chi connectivity index (χ0) is 27.7. The maximum absolute atomic E-state index is 12.5. The summed E-state index contributed by atoms with van der Waals surface area (Å²) in [6.45, 7) is 0.475. The summed E-state index contributed by atoms with van der Waals surface area (Å²) in [5.74, 6) is -4.16. The van der Waals surface area contributed by atoms with E-state index in [9.17, 15) is 28.8 Å². The third kappa shape index (κ3) is 7.43. The molecule has 0 saturated heterocycles. The number of amides is 5. The molecule has 0 aliphatic rings. The number of nitrogens with zero attached hydrogens (tertiary/aromatic N) is 1. The summed E-state index contributed by atoms with van der Waals surface area (Å²) in [5, 5.41) is 10.2. The van der Waals surface area contributed by atoms with Gasteiger partial charge >= 0.3 is 0 Å². The van der Waals surface area contributed by atoms with Crippen LogP contribution in [0.25, 0.3) is 10.9 Å². The molecule has 12 nitrogen and oxygen atoms in total. The number of nitrogens with two attached hydrogens (primary N) is 1. The molecule has 0 fully saturated rings. The van der Waals surface area contributed by atoms with E-state index in [1.165, 1.54) is 25.3 Å². The van der Waals surface area contributed by atoms with Crippen molar-refractivity contribution < 1.29 is 28.8 Å². The highest BCUT2D eigenvalue weighted by molar-refractivity contribution is 6.37. The second kappa shape index (κ2) is 12.7. The Balaban J connectivity index is 1.39. The number of rotatable bonds is 11. The molecule has 0 saturated carbocycles. The van der Waals surface area contributed by atoms with Gasteiger partial charge in [-0.1, -0.05) is 30.3 Å². The lowest BCUT2D eigenvalue weighted by Gasteiger charge is -2.14. The molecular formula is C26H26N6O6. The third-order valence-electron chi connectivity index (χ3n) is 5.44. The topological polar surface area (TPSA) is 189 Å². The number of hydrogen-bond acceptors (Lipinski definition) is 7. The first-order valence-corrected chi connectivity index (χ1v) is 11.5. The molecule has 0 radical (unpaired) electrons. The number of carbonyl (C=O) groups excluding carboxylic acids is 6. The smallest absolute Gasteiger partial charge is 0.289 e. The van der Waals surface area contributed by atoms with E-state index < -0.39 is 47.9 Å². The van der Waals surface area contributed by atoms with Gasteiger partial charge in [0.2, 0.25) is 23.5 Å². The Morgan fingerprint density at radius 3 is 2.29 bits per heavy atom. The van der Waals surface area contributed by atoms with Crippen molar-refractivity contribution in [2.24, 2.45) is 5.73 Å². The molecule has 0 aliphatic carbocycles. The van der Waals surface area contributed by atoms with E-state index >= 15 is 0 Å². The summed E-state index contributed by atoms with van der Waals surface area (Å²) in [4.78, 5) is 76.3. The van der Waals surface area contributed by atoms with Crippen LogP contribution >= 0.6 is 0 Å². The van der Waals surface area contributed by atoms with Crippen molar-refractivity contribution in [3.8, 4) is 0 Å². The van der Waals surface area contributed by atoms with Crippen molar-refractivity contribution in [2.75, 3.05) is 13.1 Å². The van der Waals surface area contributed by atoms with Crippen LogP contribution in [-0.2, 0) is 25.7 Å². The average Bonchev–Trinajstić information content (AvgIpc) is 2.92. The Bertz CT molecular complexity index is 1380. The number of hydrogen-bond donors (Lipinski definition) is 5. The standard InChI is InChI=1S/C26H26N6O6/c1-15(32-22(34)14-31-25(37)19-10-11-28-20-5-3-2-4-18(19)20)24(36)30-13-21(33)26(38)29-12-16-6-8-17(9-7-16)23(27)35/h2-11,15H,12-14H2,1H3,(H2,27,35)(H,29,38)(H,30,36)(H,31,37)(H,32,34)/t15-/m0/s1. The summed E-state index contributed by atoms with van der Waals surface area (Å²) in [6, 6.07) is 13.7. The van der Waals surface area contributed by atoms with Crippen molar-refractivity contribution in [1.29, 1.82) is 0 Å². The molecule has 1 atom stereocenters. The van der Waals surface area contributed by atoms with Gasteiger partial charge in [0.1, 0.15) is 6.04 Å². The Labute approximate surface area is 217 Å². The largest absolute Gasteiger partial charge is 0.366 e. The van der Waals surface area contributed by atoms with E-state index in [-0.39, 0.29) is 13.1 Å². The molecular weight excluding hydrogens is 492 g/mol. The molecule has 0 unspecified atom stereocenters. The summed E-state index contributed by atoms with van der Waals surface area (Å²) >= 11 is 0. The number of ketones is 1. The van der Waals surface area contributed by atoms with Crippen molar-refractivity contribution in [3.63, 3.8) is 0 Å². The van der Waals surface area contributed by atoms with Crippen LogP contribution in [0.3, 0.4) is 0 Å². The monoisotopic (exact) mass is 518 g/mol. The quantitative estimate of drug-likeness (QED) is 0.213. The predicted octanol–water partition coefficient (Wildman–Crippen LogP) is -0.430. The fourth-order valence-electron chi connectivity index (χ4n) is 3.38. The lowest BCUT2D eigenvalue weighted by Crippen LogP contribution is -2.49. The number of aromatic nitrogens is 1. The van der Waals surface area contributed by atoms with E-state index in [1.807, 2.05) is 0 Å². The second-order valence-corrected chi connectivity index (χ2v) is 8.23. The molecule has 1 aromatic heterocycles. The summed E-state index contributed by atoms with van der Waals surface area (Å²) in [5.41, 5.74) is 7.11. The van der Waals surface area contributed by atoms with Gasteiger partial charge in [0.15, 0.2) is 0 Å². The molecule has 0 spiro atoms. The van der Waals surface area contributed by atoms with Crippen LogP contribution in [-0.4, -0.2) is 59.4 Å². The highest BCUT2D eigenvalue weighted by Gasteiger charge is 2.20. The highest BCUT2D eigenvalue weighted by atomic mass is 16.2. The molecule has 3 rings (SSSR count). The van der Waals surface area contributed by atoms with Crippen LogP contribution in [0.1, 0.15) is 33.2 Å². The van der Waals surface area contributed by atoms with Crippen LogP contribution in [0.5, 0.6) is 0 Å². The maximum Gasteiger partial charge on any atom is 0.289 e. The first-order valence-electron chi connectivity index (χ1n) is 11.5. The van der Waals surface area contributed by atoms with Crippen LogP contribution < -0.4 is 27.0 Å². The fourth-order valence-corrected chi connectivity index (χ4v) is 3.38. The van der Waals surface area contributed by atoms with Crippen molar-refractivity contribution in [2.45, 2.75) is 19.5 Å². The Morgan fingerprint density at radius 1 is 0.868 bits per heavy atom. The van der Waals surface area contributed by atoms with Gasteiger partial charge in [-0.25, -0.2) is 0 Å². The number of para-hydroxylation sites is 1. The Kier molecular flexibility index (Phi) is 9.19. The molecule has 1 heterocycles. The lowest BCUT2D eigenvalue weighted by atomic mass is 10.1. The summed E-state index contributed by atoms with van der Waals surface area (Å²) < 4.78 is 0. The van der Waals surface area contributed by atoms with Gasteiger partial charge in [0.05, 0.1) is 24.2 Å². The van der Waals surface area contributed by atoms with Crippen LogP contribution in [0, 0.1) is 0 Å². The van der Waals surface area contributed by atoms with E-state index in [0.29, 0.717) is 27.6 Å². The van der Waals surface area contributed by atoms with Gasteiger partial charge in [-0.2, -0.15) is 0 Å². The number of benzene rings is 2. The maximum atomic E-state index is 12.5.